The molecule has 0 aliphatic heterocycles. The normalized spacial score (nSPS) is 11.2. The number of aryl methyl sites for hydroxylation is 1. The molecule has 29 heavy (non-hydrogen) atoms. The minimum atomic E-state index is -0.524. The number of ether oxygens (including phenoxy) is 1. The molecule has 0 saturated carbocycles. The lowest BCUT2D eigenvalue weighted by molar-refractivity contribution is -0.144. The van der Waals surface area contributed by atoms with Crippen molar-refractivity contribution in [2.45, 2.75) is 33.3 Å². The van der Waals surface area contributed by atoms with Gasteiger partial charge in [0, 0.05) is 40.8 Å². The summed E-state index contributed by atoms with van der Waals surface area (Å²) < 4.78 is 16.4. The Morgan fingerprint density at radius 3 is 2.72 bits per heavy atom. The number of carbonyl (C=O) groups excluding carboxylic acids is 1. The standard InChI is InChI=1S/C22H20N2O5/c1-3-4-20(25)27-11-14-8-21(26)28-18-10-19-17(9-15(14)18)24-22(29-19)13-6-5-12(2)16(23)7-13/h5-10H,3-4,11,23H2,1-2H3. The second-order valence-electron chi connectivity index (χ2n) is 6.91. The smallest absolute Gasteiger partial charge is 0.336 e. The van der Waals surface area contributed by atoms with Crippen LogP contribution in [0, 0.1) is 6.92 Å². The third-order valence-electron chi connectivity index (χ3n) is 4.71. The fourth-order valence-electron chi connectivity index (χ4n) is 3.10. The van der Waals surface area contributed by atoms with E-state index in [9.17, 15) is 9.59 Å². The van der Waals surface area contributed by atoms with Gasteiger partial charge in [0.15, 0.2) is 5.58 Å². The Kier molecular flexibility index (Phi) is 4.80. The van der Waals surface area contributed by atoms with Crippen molar-refractivity contribution >= 4 is 33.7 Å². The lowest BCUT2D eigenvalue weighted by Crippen LogP contribution is -2.07. The summed E-state index contributed by atoms with van der Waals surface area (Å²) in [5, 5.41) is 0.643. The van der Waals surface area contributed by atoms with Gasteiger partial charge in [-0.2, -0.15) is 0 Å². The van der Waals surface area contributed by atoms with E-state index >= 15 is 0 Å². The molecule has 0 fully saturated rings. The van der Waals surface area contributed by atoms with Crippen LogP contribution in [-0.4, -0.2) is 11.0 Å². The Bertz CT molecular complexity index is 1290. The molecule has 0 amide bonds. The van der Waals surface area contributed by atoms with Gasteiger partial charge in [0.05, 0.1) is 0 Å². The Morgan fingerprint density at radius 1 is 1.14 bits per heavy atom. The van der Waals surface area contributed by atoms with Crippen molar-refractivity contribution in [1.82, 2.24) is 4.98 Å². The zero-order chi connectivity index (χ0) is 20.5. The molecule has 0 bridgehead atoms. The molecule has 0 atom stereocenters. The van der Waals surface area contributed by atoms with E-state index in [2.05, 4.69) is 4.98 Å². The van der Waals surface area contributed by atoms with Gasteiger partial charge in [-0.25, -0.2) is 9.78 Å². The van der Waals surface area contributed by atoms with Gasteiger partial charge < -0.3 is 19.3 Å². The van der Waals surface area contributed by atoms with Crippen LogP contribution in [0.25, 0.3) is 33.5 Å². The summed E-state index contributed by atoms with van der Waals surface area (Å²) in [7, 11) is 0. The Balaban J connectivity index is 1.78. The van der Waals surface area contributed by atoms with Crippen LogP contribution in [0.1, 0.15) is 30.9 Å². The van der Waals surface area contributed by atoms with Crippen molar-refractivity contribution in [3.63, 3.8) is 0 Å². The fourth-order valence-corrected chi connectivity index (χ4v) is 3.10. The van der Waals surface area contributed by atoms with Gasteiger partial charge in [0.2, 0.25) is 5.89 Å². The maximum atomic E-state index is 11.9. The molecule has 2 heterocycles. The van der Waals surface area contributed by atoms with E-state index in [1.54, 1.807) is 18.2 Å². The molecule has 7 nitrogen and oxygen atoms in total. The molecular weight excluding hydrogens is 372 g/mol. The van der Waals surface area contributed by atoms with Crippen molar-refractivity contribution in [3.8, 4) is 11.5 Å². The molecule has 148 valence electrons. The van der Waals surface area contributed by atoms with E-state index < -0.39 is 5.63 Å². The van der Waals surface area contributed by atoms with Gasteiger partial charge in [-0.1, -0.05) is 13.0 Å². The highest BCUT2D eigenvalue weighted by Crippen LogP contribution is 2.30. The molecule has 4 aromatic rings. The highest BCUT2D eigenvalue weighted by atomic mass is 16.5. The molecule has 0 aliphatic carbocycles. The molecule has 2 aromatic heterocycles. The summed E-state index contributed by atoms with van der Waals surface area (Å²) in [5.41, 5.74) is 9.83. The van der Waals surface area contributed by atoms with Crippen LogP contribution in [0.4, 0.5) is 5.69 Å². The van der Waals surface area contributed by atoms with Crippen LogP contribution in [0.3, 0.4) is 0 Å². The second kappa shape index (κ2) is 7.43. The zero-order valence-electron chi connectivity index (χ0n) is 16.2. The average Bonchev–Trinajstić information content (AvgIpc) is 3.09. The van der Waals surface area contributed by atoms with Crippen LogP contribution in [0.15, 0.2) is 50.0 Å². The Hall–Kier alpha value is -3.61. The van der Waals surface area contributed by atoms with Crippen molar-refractivity contribution < 1.29 is 18.4 Å². The number of nitrogens with two attached hydrogens (primary N) is 1. The maximum Gasteiger partial charge on any atom is 0.336 e. The first kappa shape index (κ1) is 18.7. The van der Waals surface area contributed by atoms with Crippen molar-refractivity contribution in [2.24, 2.45) is 0 Å². The Morgan fingerprint density at radius 2 is 1.97 bits per heavy atom. The largest absolute Gasteiger partial charge is 0.461 e. The number of anilines is 1. The summed E-state index contributed by atoms with van der Waals surface area (Å²) in [6.07, 6.45) is 1.03. The monoisotopic (exact) mass is 392 g/mol. The first-order valence-corrected chi connectivity index (χ1v) is 9.34. The van der Waals surface area contributed by atoms with Gasteiger partial charge in [0.25, 0.3) is 0 Å². The molecular formula is C22H20N2O5. The second-order valence-corrected chi connectivity index (χ2v) is 6.91. The third-order valence-corrected chi connectivity index (χ3v) is 4.71. The quantitative estimate of drug-likeness (QED) is 0.306. The van der Waals surface area contributed by atoms with Gasteiger partial charge in [0.1, 0.15) is 17.7 Å². The van der Waals surface area contributed by atoms with Gasteiger partial charge in [-0.3, -0.25) is 4.79 Å². The number of benzene rings is 2. The van der Waals surface area contributed by atoms with Gasteiger partial charge in [-0.15, -0.1) is 0 Å². The van der Waals surface area contributed by atoms with Crippen molar-refractivity contribution in [2.75, 3.05) is 5.73 Å². The SMILES string of the molecule is CCCC(=O)OCc1cc(=O)oc2cc3oc(-c4ccc(C)c(N)c4)nc3cc12. The number of aromatic nitrogens is 1. The van der Waals surface area contributed by atoms with Crippen LogP contribution in [0.2, 0.25) is 0 Å². The molecule has 4 rings (SSSR count). The number of esters is 1. The van der Waals surface area contributed by atoms with Gasteiger partial charge in [-0.05, 0) is 37.1 Å². The molecule has 7 heteroatoms. The van der Waals surface area contributed by atoms with Crippen LogP contribution in [-0.2, 0) is 16.1 Å². The van der Waals surface area contributed by atoms with E-state index in [-0.39, 0.29) is 12.6 Å². The first-order valence-electron chi connectivity index (χ1n) is 9.34. The molecule has 0 aliphatic rings. The van der Waals surface area contributed by atoms with Crippen molar-refractivity contribution in [1.29, 1.82) is 0 Å². The number of nitrogen functional groups attached to an aromatic ring is 1. The molecule has 0 saturated heterocycles. The average molecular weight is 392 g/mol. The highest BCUT2D eigenvalue weighted by Gasteiger charge is 2.14. The van der Waals surface area contributed by atoms with Gasteiger partial charge >= 0.3 is 11.6 Å². The molecule has 2 N–H and O–H groups in total. The van der Waals surface area contributed by atoms with Crippen LogP contribution >= 0.6 is 0 Å². The summed E-state index contributed by atoms with van der Waals surface area (Å²) in [6, 6.07) is 10.3. The molecule has 0 unspecified atom stereocenters. The van der Waals surface area contributed by atoms with E-state index in [0.29, 0.717) is 52.1 Å². The van der Waals surface area contributed by atoms with Crippen molar-refractivity contribution in [3.05, 3.63) is 57.9 Å². The first-order chi connectivity index (χ1) is 13.9. The lowest BCUT2D eigenvalue weighted by Gasteiger charge is -2.06. The third kappa shape index (κ3) is 3.71. The number of nitrogens with zero attached hydrogens (tertiary/aromatic N) is 1. The van der Waals surface area contributed by atoms with E-state index in [1.165, 1.54) is 6.07 Å². The molecule has 2 aromatic carbocycles. The number of fused-ring (bicyclic) bond motifs is 2. The van der Waals surface area contributed by atoms with Crippen LogP contribution in [0.5, 0.6) is 0 Å². The number of rotatable bonds is 5. The number of oxazole rings is 1. The topological polar surface area (TPSA) is 109 Å². The summed E-state index contributed by atoms with van der Waals surface area (Å²) in [4.78, 5) is 28.2. The molecule has 0 spiro atoms. The van der Waals surface area contributed by atoms with Crippen LogP contribution < -0.4 is 11.4 Å². The fraction of sp³-hybridized carbons (Fsp3) is 0.227. The number of carbonyl (C=O) groups is 1. The zero-order valence-corrected chi connectivity index (χ0v) is 16.2. The number of hydrogen-bond acceptors (Lipinski definition) is 7. The minimum Gasteiger partial charge on any atom is -0.461 e. The van der Waals surface area contributed by atoms with E-state index in [0.717, 1.165) is 11.1 Å². The molecule has 0 radical (unpaired) electrons. The van der Waals surface area contributed by atoms with E-state index in [1.807, 2.05) is 26.0 Å². The summed E-state index contributed by atoms with van der Waals surface area (Å²) in [5.74, 6) is 0.107. The predicted octanol–water partition coefficient (Wildman–Crippen LogP) is 4.34. The summed E-state index contributed by atoms with van der Waals surface area (Å²) >= 11 is 0. The van der Waals surface area contributed by atoms with E-state index in [4.69, 9.17) is 19.3 Å². The predicted molar refractivity (Wildman–Crippen MR) is 109 cm³/mol. The minimum absolute atomic E-state index is 0.00829. The number of hydrogen-bond donors (Lipinski definition) is 1. The maximum absolute atomic E-state index is 11.9. The highest BCUT2D eigenvalue weighted by molar-refractivity contribution is 5.93. The summed E-state index contributed by atoms with van der Waals surface area (Å²) in [6.45, 7) is 3.81. The lowest BCUT2D eigenvalue weighted by atomic mass is 10.1. The Labute approximate surface area is 166 Å².